The van der Waals surface area contributed by atoms with Gasteiger partial charge in [0.15, 0.2) is 17.8 Å². The topological polar surface area (TPSA) is 120 Å². The summed E-state index contributed by atoms with van der Waals surface area (Å²) in [6.07, 6.45) is -11.4. The van der Waals surface area contributed by atoms with E-state index in [0.717, 1.165) is 21.8 Å². The van der Waals surface area contributed by atoms with E-state index in [2.05, 4.69) is 15.2 Å². The number of halogens is 8. The maximum atomic E-state index is 13.1. The van der Waals surface area contributed by atoms with Crippen molar-refractivity contribution < 1.29 is 36.2 Å². The Morgan fingerprint density at radius 1 is 1.00 bits per heavy atom. The molecular weight excluding hydrogens is 607 g/mol. The highest BCUT2D eigenvalue weighted by Crippen LogP contribution is 2.24. The van der Waals surface area contributed by atoms with Crippen LogP contribution >= 0.6 is 23.2 Å². The zero-order chi connectivity index (χ0) is 30.1. The first-order valence-corrected chi connectivity index (χ1v) is 12.1. The van der Waals surface area contributed by atoms with Gasteiger partial charge in [0.2, 0.25) is 0 Å². The summed E-state index contributed by atoms with van der Waals surface area (Å²) in [6, 6.07) is 9.50. The van der Waals surface area contributed by atoms with Gasteiger partial charge in [-0.05, 0) is 42.5 Å². The fourth-order valence-electron chi connectivity index (χ4n) is 3.58. The van der Waals surface area contributed by atoms with E-state index in [9.17, 15) is 41.0 Å². The number of nitrogens with zero attached hydrogens (tertiary/aromatic N) is 6. The monoisotopic (exact) mass is 623 g/mol. The van der Waals surface area contributed by atoms with E-state index in [-0.39, 0.29) is 33.5 Å². The van der Waals surface area contributed by atoms with Crippen LogP contribution < -0.4 is 11.0 Å². The molecule has 0 bridgehead atoms. The third kappa shape index (κ3) is 7.25. The van der Waals surface area contributed by atoms with Gasteiger partial charge in [-0.1, -0.05) is 23.2 Å². The van der Waals surface area contributed by atoms with Gasteiger partial charge in [0.1, 0.15) is 19.4 Å². The highest BCUT2D eigenvalue weighted by Gasteiger charge is 2.39. The minimum absolute atomic E-state index is 0.000790. The fourth-order valence-corrected chi connectivity index (χ4v) is 3.88. The molecule has 218 valence electrons. The smallest absolute Gasteiger partial charge is 0.382 e. The number of aromatic nitrogens is 6. The number of rotatable bonds is 8. The number of aliphatic hydroxyl groups is 1. The molecule has 2 heterocycles. The molecule has 2 N–H and O–H groups in total. The Morgan fingerprint density at radius 3 is 2.29 bits per heavy atom. The van der Waals surface area contributed by atoms with Crippen LogP contribution in [-0.2, 0) is 13.1 Å². The summed E-state index contributed by atoms with van der Waals surface area (Å²) in [4.78, 5) is 29.5. The lowest BCUT2D eigenvalue weighted by Crippen LogP contribution is -2.37. The first kappa shape index (κ1) is 30.1. The predicted molar refractivity (Wildman–Crippen MR) is 133 cm³/mol. The molecule has 41 heavy (non-hydrogen) atoms. The summed E-state index contributed by atoms with van der Waals surface area (Å²) in [7, 11) is 0. The van der Waals surface area contributed by atoms with Gasteiger partial charge in [0, 0.05) is 15.6 Å². The normalized spacial score (nSPS) is 12.9. The van der Waals surface area contributed by atoms with Crippen molar-refractivity contribution in [1.29, 1.82) is 0 Å². The molecule has 4 aromatic rings. The molecule has 2 aromatic heterocycles. The van der Waals surface area contributed by atoms with Gasteiger partial charge in [-0.3, -0.25) is 9.36 Å². The van der Waals surface area contributed by atoms with Crippen molar-refractivity contribution in [2.24, 2.45) is 0 Å². The Morgan fingerprint density at radius 2 is 1.66 bits per heavy atom. The lowest BCUT2D eigenvalue weighted by atomic mass is 10.1. The molecule has 4 rings (SSSR count). The van der Waals surface area contributed by atoms with Crippen LogP contribution in [0, 0.1) is 0 Å². The number of hydrogen-bond acceptors (Lipinski definition) is 6. The van der Waals surface area contributed by atoms with Gasteiger partial charge in [-0.2, -0.15) is 26.3 Å². The second-order valence-electron chi connectivity index (χ2n) is 8.50. The molecule has 0 aliphatic heterocycles. The second kappa shape index (κ2) is 11.5. The van der Waals surface area contributed by atoms with Crippen LogP contribution in [0.15, 0.2) is 53.6 Å². The number of benzene rings is 2. The number of carbonyl (C=O) groups excluding carboxylic acids is 1. The van der Waals surface area contributed by atoms with Crippen LogP contribution in [0.25, 0.3) is 17.1 Å². The Labute approximate surface area is 235 Å². The van der Waals surface area contributed by atoms with Crippen molar-refractivity contribution in [3.63, 3.8) is 0 Å². The Kier molecular flexibility index (Phi) is 8.46. The molecule has 0 saturated heterocycles. The zero-order valence-electron chi connectivity index (χ0n) is 20.3. The average Bonchev–Trinajstić information content (AvgIpc) is 3.47. The van der Waals surface area contributed by atoms with Crippen molar-refractivity contribution >= 4 is 29.1 Å². The van der Waals surface area contributed by atoms with E-state index in [1.807, 2.05) is 0 Å². The molecule has 18 heteroatoms. The van der Waals surface area contributed by atoms with Crippen molar-refractivity contribution in [1.82, 2.24) is 34.4 Å². The quantitative estimate of drug-likeness (QED) is 0.288. The summed E-state index contributed by atoms with van der Waals surface area (Å²) in [5.74, 6) is -1.38. The maximum absolute atomic E-state index is 13.1. The number of hydrogen-bond donors (Lipinski definition) is 2. The van der Waals surface area contributed by atoms with E-state index in [1.165, 1.54) is 36.4 Å². The number of nitrogens with one attached hydrogen (secondary N) is 1. The van der Waals surface area contributed by atoms with E-state index >= 15 is 0 Å². The summed E-state index contributed by atoms with van der Waals surface area (Å²) in [6.45, 7) is -3.20. The molecule has 1 atom stereocenters. The van der Waals surface area contributed by atoms with Crippen LogP contribution in [0.1, 0.15) is 16.2 Å². The predicted octanol–water partition coefficient (Wildman–Crippen LogP) is 3.86. The van der Waals surface area contributed by atoms with Gasteiger partial charge in [-0.15, -0.1) is 10.2 Å². The average molecular weight is 624 g/mol. The van der Waals surface area contributed by atoms with E-state index in [1.54, 1.807) is 5.32 Å². The Hall–Kier alpha value is -3.89. The molecule has 0 aliphatic rings. The minimum Gasteiger partial charge on any atom is -0.382 e. The fraction of sp³-hybridized carbons (Fsp3) is 0.261. The van der Waals surface area contributed by atoms with Crippen LogP contribution in [-0.4, -0.2) is 65.1 Å². The number of amides is 1. The molecule has 1 amide bonds. The Balaban J connectivity index is 1.67. The summed E-state index contributed by atoms with van der Waals surface area (Å²) in [5, 5.41) is 19.9. The third-order valence-corrected chi connectivity index (χ3v) is 5.98. The van der Waals surface area contributed by atoms with Crippen molar-refractivity contribution in [2.45, 2.75) is 31.5 Å². The van der Waals surface area contributed by atoms with Gasteiger partial charge < -0.3 is 10.4 Å². The lowest BCUT2D eigenvalue weighted by Gasteiger charge is -2.15. The molecule has 0 radical (unpaired) electrons. The highest BCUT2D eigenvalue weighted by molar-refractivity contribution is 6.31. The number of aliphatic hydroxyl groups excluding tert-OH is 1. The molecule has 0 unspecified atom stereocenters. The lowest BCUT2D eigenvalue weighted by molar-refractivity contribution is -0.207. The van der Waals surface area contributed by atoms with Crippen molar-refractivity contribution in [3.05, 3.63) is 80.7 Å². The number of carbonyl (C=O) groups is 1. The molecule has 0 fully saturated rings. The van der Waals surface area contributed by atoms with E-state index in [0.29, 0.717) is 9.59 Å². The van der Waals surface area contributed by atoms with E-state index < -0.39 is 49.7 Å². The summed E-state index contributed by atoms with van der Waals surface area (Å²) in [5.41, 5.74) is -1.05. The molecule has 0 aliphatic carbocycles. The molecule has 0 spiro atoms. The minimum atomic E-state index is -5.01. The van der Waals surface area contributed by atoms with Crippen molar-refractivity contribution in [2.75, 3.05) is 6.54 Å². The second-order valence-corrected chi connectivity index (χ2v) is 9.38. The van der Waals surface area contributed by atoms with Crippen LogP contribution in [0.3, 0.4) is 0 Å². The molecule has 10 nitrogen and oxygen atoms in total. The third-order valence-electron chi connectivity index (χ3n) is 5.49. The first-order chi connectivity index (χ1) is 19.1. The molecular formula is C23H17Cl2F6N7O3. The maximum Gasteiger partial charge on any atom is 0.416 e. The van der Waals surface area contributed by atoms with Gasteiger partial charge >= 0.3 is 18.0 Å². The standard InChI is InChI=1S/C23H17Cl2F6N7O3/c24-13-3-1-12(2-4-13)19-35-37(21(41)36(19)8-17(39)23(29,30)31)9-18-33-11-38(34-18)16-6-5-14(25)7-15(16)20(40)32-10-22(26,27)28/h1-7,11,17,39H,8-10H2,(H,32,40)/t17-/m0/s1. The Bertz CT molecular complexity index is 1610. The SMILES string of the molecule is O=C(NCC(F)(F)F)c1cc(Cl)ccc1-n1cnc(Cn2nc(-c3ccc(Cl)cc3)n(C[C@H](O)C(F)(F)F)c2=O)n1. The van der Waals surface area contributed by atoms with Crippen LogP contribution in [0.5, 0.6) is 0 Å². The summed E-state index contributed by atoms with van der Waals surface area (Å²) < 4.78 is 79.4. The van der Waals surface area contributed by atoms with Crippen LogP contribution in [0.4, 0.5) is 26.3 Å². The summed E-state index contributed by atoms with van der Waals surface area (Å²) >= 11 is 11.8. The zero-order valence-corrected chi connectivity index (χ0v) is 21.8. The van der Waals surface area contributed by atoms with Gasteiger partial charge in [0.25, 0.3) is 5.91 Å². The van der Waals surface area contributed by atoms with E-state index in [4.69, 9.17) is 23.2 Å². The molecule has 0 saturated carbocycles. The van der Waals surface area contributed by atoms with Crippen molar-refractivity contribution in [3.8, 4) is 17.1 Å². The van der Waals surface area contributed by atoms with Crippen LogP contribution in [0.2, 0.25) is 10.0 Å². The first-order valence-electron chi connectivity index (χ1n) is 11.4. The highest BCUT2D eigenvalue weighted by atomic mass is 35.5. The number of alkyl halides is 6. The van der Waals surface area contributed by atoms with Gasteiger partial charge in [0.05, 0.1) is 17.8 Å². The largest absolute Gasteiger partial charge is 0.416 e. The molecule has 2 aromatic carbocycles. The van der Waals surface area contributed by atoms with Gasteiger partial charge in [-0.25, -0.2) is 19.1 Å².